The number of nitrogens with zero attached hydrogens (tertiary/aromatic N) is 1. The molecule has 0 unspecified atom stereocenters. The molecule has 9 rings (SSSR count). The highest BCUT2D eigenvalue weighted by molar-refractivity contribution is 7.17. The maximum absolute atomic E-state index is 2.34. The first-order chi connectivity index (χ1) is 24.8. The van der Waals surface area contributed by atoms with E-state index in [2.05, 4.69) is 204 Å². The van der Waals surface area contributed by atoms with Crippen LogP contribution in [0.1, 0.15) is 0 Å². The Morgan fingerprint density at radius 2 is 0.760 bits per heavy atom. The van der Waals surface area contributed by atoms with Crippen molar-refractivity contribution in [1.82, 2.24) is 0 Å². The van der Waals surface area contributed by atoms with Crippen LogP contribution >= 0.6 is 11.3 Å². The molecule has 0 saturated heterocycles. The average Bonchev–Trinajstić information content (AvgIpc) is 3.63. The summed E-state index contributed by atoms with van der Waals surface area (Å²) < 4.78 is 1.31. The van der Waals surface area contributed by atoms with Crippen LogP contribution in [0.25, 0.3) is 65.4 Å². The van der Waals surface area contributed by atoms with Crippen molar-refractivity contribution in [3.8, 4) is 44.5 Å². The van der Waals surface area contributed by atoms with Crippen molar-refractivity contribution in [2.24, 2.45) is 0 Å². The Bertz CT molecular complexity index is 2550. The third kappa shape index (κ3) is 5.77. The van der Waals surface area contributed by atoms with Crippen LogP contribution in [0.4, 0.5) is 17.1 Å². The molecule has 236 valence electrons. The molecule has 0 N–H and O–H groups in total. The van der Waals surface area contributed by atoms with E-state index in [0.29, 0.717) is 0 Å². The van der Waals surface area contributed by atoms with Crippen LogP contribution in [0, 0.1) is 0 Å². The summed E-state index contributed by atoms with van der Waals surface area (Å²) in [6, 6.07) is 70.1. The topological polar surface area (TPSA) is 3.24 Å². The highest BCUT2D eigenvalue weighted by Crippen LogP contribution is 2.39. The minimum atomic E-state index is 1.11. The van der Waals surface area contributed by atoms with Crippen LogP contribution in [-0.2, 0) is 0 Å². The van der Waals surface area contributed by atoms with Crippen LogP contribution < -0.4 is 4.90 Å². The largest absolute Gasteiger partial charge is 0.311 e. The minimum absolute atomic E-state index is 1.11. The third-order valence-corrected chi connectivity index (χ3v) is 10.5. The Hall–Kier alpha value is -6.22. The van der Waals surface area contributed by atoms with Crippen LogP contribution in [0.15, 0.2) is 200 Å². The molecule has 0 aliphatic rings. The molecule has 8 aromatic carbocycles. The Balaban J connectivity index is 1.04. The zero-order chi connectivity index (χ0) is 33.3. The highest BCUT2D eigenvalue weighted by Gasteiger charge is 2.15. The van der Waals surface area contributed by atoms with Crippen LogP contribution in [0.2, 0.25) is 0 Å². The first-order valence-electron chi connectivity index (χ1n) is 17.0. The van der Waals surface area contributed by atoms with Gasteiger partial charge in [0.05, 0.1) is 0 Å². The molecule has 9 aromatic rings. The molecule has 0 bridgehead atoms. The lowest BCUT2D eigenvalue weighted by molar-refractivity contribution is 1.28. The minimum Gasteiger partial charge on any atom is -0.311 e. The zero-order valence-electron chi connectivity index (χ0n) is 27.4. The lowest BCUT2D eigenvalue weighted by atomic mass is 9.98. The first-order valence-corrected chi connectivity index (χ1v) is 17.9. The molecule has 0 radical (unpaired) electrons. The fraction of sp³-hybridized carbons (Fsp3) is 0. The summed E-state index contributed by atoms with van der Waals surface area (Å²) in [5.41, 5.74) is 13.1. The Morgan fingerprint density at radius 1 is 0.320 bits per heavy atom. The van der Waals surface area contributed by atoms with Crippen molar-refractivity contribution < 1.29 is 0 Å². The van der Waals surface area contributed by atoms with Gasteiger partial charge in [0, 0.05) is 32.7 Å². The van der Waals surface area contributed by atoms with Crippen molar-refractivity contribution in [2.75, 3.05) is 4.90 Å². The summed E-state index contributed by atoms with van der Waals surface area (Å²) in [6.45, 7) is 0. The van der Waals surface area contributed by atoms with Crippen LogP contribution in [0.3, 0.4) is 0 Å². The van der Waals surface area contributed by atoms with Gasteiger partial charge in [0.25, 0.3) is 0 Å². The van der Waals surface area contributed by atoms with Gasteiger partial charge in [0.15, 0.2) is 0 Å². The van der Waals surface area contributed by atoms with E-state index in [1.54, 1.807) is 11.3 Å². The van der Waals surface area contributed by atoms with Gasteiger partial charge in [0.2, 0.25) is 0 Å². The summed E-state index contributed by atoms with van der Waals surface area (Å²) in [4.78, 5) is 2.34. The molecule has 0 spiro atoms. The third-order valence-electron chi connectivity index (χ3n) is 9.58. The van der Waals surface area contributed by atoms with E-state index in [1.807, 2.05) is 0 Å². The maximum atomic E-state index is 2.34. The van der Waals surface area contributed by atoms with E-state index in [-0.39, 0.29) is 0 Å². The van der Waals surface area contributed by atoms with Gasteiger partial charge in [0.1, 0.15) is 0 Å². The molecule has 0 aliphatic carbocycles. The quantitative estimate of drug-likeness (QED) is 0.165. The summed E-state index contributed by atoms with van der Waals surface area (Å²) in [6.07, 6.45) is 0. The van der Waals surface area contributed by atoms with Gasteiger partial charge < -0.3 is 4.90 Å². The number of hydrogen-bond donors (Lipinski definition) is 0. The van der Waals surface area contributed by atoms with Gasteiger partial charge in [-0.25, -0.2) is 0 Å². The van der Waals surface area contributed by atoms with Crippen molar-refractivity contribution in [3.05, 3.63) is 200 Å². The van der Waals surface area contributed by atoms with Gasteiger partial charge in [-0.15, -0.1) is 11.3 Å². The first kappa shape index (κ1) is 29.9. The number of thiophene rings is 1. The number of benzene rings is 8. The molecule has 2 heteroatoms. The molecule has 0 atom stereocenters. The monoisotopic (exact) mass is 655 g/mol. The predicted molar refractivity (Wildman–Crippen MR) is 216 cm³/mol. The number of fused-ring (bicyclic) bond motifs is 2. The molecular formula is C48H33NS. The van der Waals surface area contributed by atoms with E-state index < -0.39 is 0 Å². The van der Waals surface area contributed by atoms with Crippen molar-refractivity contribution >= 4 is 49.3 Å². The second kappa shape index (κ2) is 13.0. The maximum Gasteiger partial charge on any atom is 0.0462 e. The van der Waals surface area contributed by atoms with Gasteiger partial charge in [-0.2, -0.15) is 0 Å². The smallest absolute Gasteiger partial charge is 0.0462 e. The lowest BCUT2D eigenvalue weighted by Crippen LogP contribution is -2.09. The molecule has 1 nitrogen and oxygen atoms in total. The Morgan fingerprint density at radius 3 is 1.38 bits per heavy atom. The van der Waals surface area contributed by atoms with Crippen molar-refractivity contribution in [1.29, 1.82) is 0 Å². The van der Waals surface area contributed by atoms with E-state index in [0.717, 1.165) is 17.1 Å². The highest BCUT2D eigenvalue weighted by atomic mass is 32.1. The fourth-order valence-electron chi connectivity index (χ4n) is 6.90. The summed E-state index contributed by atoms with van der Waals surface area (Å²) >= 11 is 1.80. The van der Waals surface area contributed by atoms with Gasteiger partial charge in [-0.1, -0.05) is 146 Å². The number of anilines is 3. The fourth-order valence-corrected chi connectivity index (χ4v) is 7.87. The van der Waals surface area contributed by atoms with E-state index in [1.165, 1.54) is 65.4 Å². The van der Waals surface area contributed by atoms with Gasteiger partial charge in [-0.05, 0) is 104 Å². The van der Waals surface area contributed by atoms with E-state index in [4.69, 9.17) is 0 Å². The van der Waals surface area contributed by atoms with Crippen molar-refractivity contribution in [2.45, 2.75) is 0 Å². The second-order valence-electron chi connectivity index (χ2n) is 12.6. The van der Waals surface area contributed by atoms with E-state index >= 15 is 0 Å². The second-order valence-corrected chi connectivity index (χ2v) is 13.5. The molecule has 1 heterocycles. The summed E-state index contributed by atoms with van der Waals surface area (Å²) in [5, 5.41) is 6.10. The molecule has 0 aliphatic heterocycles. The average molecular weight is 656 g/mol. The molecule has 50 heavy (non-hydrogen) atoms. The molecule has 0 fully saturated rings. The van der Waals surface area contributed by atoms with Crippen LogP contribution in [-0.4, -0.2) is 0 Å². The normalized spacial score (nSPS) is 11.2. The molecule has 0 saturated carbocycles. The molecule has 1 aromatic heterocycles. The van der Waals surface area contributed by atoms with Gasteiger partial charge >= 0.3 is 0 Å². The van der Waals surface area contributed by atoms with Crippen LogP contribution in [0.5, 0.6) is 0 Å². The SMILES string of the molecule is c1ccc(-c2ccc(N(c3ccc(-c4ccc(-c5ccc6ccccc6c5)cc4)cc3)c3ccc(-c4csc5ccccc45)cc3)cc2)cc1. The zero-order valence-corrected chi connectivity index (χ0v) is 28.2. The molecular weight excluding hydrogens is 623 g/mol. The standard InChI is InChI=1S/C48H33NS/c1-2-8-34(9-3-1)37-20-26-43(27-21-37)49(45-30-24-40(25-31-45)47-33-50-48-13-7-6-12-46(47)48)44-28-22-38(23-29-44)36-14-16-39(17-15-36)42-19-18-35-10-4-5-11-41(35)32-42/h1-33H. The Kier molecular flexibility index (Phi) is 7.77. The van der Waals surface area contributed by atoms with Gasteiger partial charge in [-0.3, -0.25) is 0 Å². The van der Waals surface area contributed by atoms with Crippen molar-refractivity contribution in [3.63, 3.8) is 0 Å². The number of hydrogen-bond acceptors (Lipinski definition) is 2. The summed E-state index contributed by atoms with van der Waals surface area (Å²) in [5.74, 6) is 0. The molecule has 0 amide bonds. The summed E-state index contributed by atoms with van der Waals surface area (Å²) in [7, 11) is 0. The Labute approximate surface area is 297 Å². The van der Waals surface area contributed by atoms with E-state index in [9.17, 15) is 0 Å². The lowest BCUT2D eigenvalue weighted by Gasteiger charge is -2.26. The number of rotatable bonds is 7. The predicted octanol–water partition coefficient (Wildman–Crippen LogP) is 14.2.